The van der Waals surface area contributed by atoms with E-state index in [9.17, 15) is 4.79 Å². The maximum absolute atomic E-state index is 13.2. The molecule has 29 heavy (non-hydrogen) atoms. The molecule has 6 heteroatoms. The Morgan fingerprint density at radius 3 is 2.62 bits per heavy atom. The predicted octanol–water partition coefficient (Wildman–Crippen LogP) is 5.47. The monoisotopic (exact) mass is 396 g/mol. The lowest BCUT2D eigenvalue weighted by Gasteiger charge is -2.09. The van der Waals surface area contributed by atoms with Gasteiger partial charge in [0, 0.05) is 23.3 Å². The largest absolute Gasteiger partial charge is 0.298 e. The van der Waals surface area contributed by atoms with Gasteiger partial charge in [-0.15, -0.1) is 0 Å². The number of hydrogen-bond acceptors (Lipinski definition) is 5. The minimum absolute atomic E-state index is 0.199. The van der Waals surface area contributed by atoms with Crippen LogP contribution >= 0.6 is 11.3 Å². The molecule has 0 radical (unpaired) electrons. The van der Waals surface area contributed by atoms with Crippen LogP contribution in [0.2, 0.25) is 0 Å². The molecule has 1 N–H and O–H groups in total. The van der Waals surface area contributed by atoms with Crippen molar-refractivity contribution in [3.63, 3.8) is 0 Å². The Kier molecular flexibility index (Phi) is 4.26. The van der Waals surface area contributed by atoms with E-state index in [4.69, 9.17) is 4.98 Å². The maximum Gasteiger partial charge on any atom is 0.258 e. The number of nitrogens with zero attached hydrogens (tertiary/aromatic N) is 3. The number of anilines is 1. The highest BCUT2D eigenvalue weighted by Gasteiger charge is 2.16. The zero-order valence-corrected chi connectivity index (χ0v) is 16.4. The molecule has 0 saturated carbocycles. The number of rotatable bonds is 3. The molecule has 0 bridgehead atoms. The third-order valence-corrected chi connectivity index (χ3v) is 5.63. The van der Waals surface area contributed by atoms with Gasteiger partial charge in [0.15, 0.2) is 5.13 Å². The van der Waals surface area contributed by atoms with E-state index in [0.717, 1.165) is 32.4 Å². The van der Waals surface area contributed by atoms with Crippen LogP contribution in [-0.2, 0) is 0 Å². The number of fused-ring (bicyclic) bond motifs is 2. The number of para-hydroxylation sites is 1. The van der Waals surface area contributed by atoms with Gasteiger partial charge < -0.3 is 0 Å². The fraction of sp³-hybridized carbons (Fsp3) is 0.0435. The quantitative estimate of drug-likeness (QED) is 0.439. The normalized spacial score (nSPS) is 11.1. The van der Waals surface area contributed by atoms with E-state index in [-0.39, 0.29) is 5.91 Å². The third kappa shape index (κ3) is 3.34. The van der Waals surface area contributed by atoms with Crippen molar-refractivity contribution in [2.24, 2.45) is 0 Å². The summed E-state index contributed by atoms with van der Waals surface area (Å²) < 4.78 is 1.05. The molecule has 140 valence electrons. The Labute approximate surface area is 171 Å². The van der Waals surface area contributed by atoms with Gasteiger partial charge in [0.25, 0.3) is 5.91 Å². The van der Waals surface area contributed by atoms with Crippen molar-refractivity contribution in [3.8, 4) is 11.3 Å². The van der Waals surface area contributed by atoms with Gasteiger partial charge in [-0.2, -0.15) is 0 Å². The van der Waals surface area contributed by atoms with Crippen LogP contribution in [0.15, 0.2) is 73.1 Å². The van der Waals surface area contributed by atoms with Crippen molar-refractivity contribution in [1.29, 1.82) is 0 Å². The topological polar surface area (TPSA) is 67.8 Å². The minimum atomic E-state index is -0.199. The Bertz CT molecular complexity index is 1360. The molecular formula is C23H16N4OS. The second kappa shape index (κ2) is 7.07. The van der Waals surface area contributed by atoms with Crippen LogP contribution in [0.1, 0.15) is 15.9 Å². The lowest BCUT2D eigenvalue weighted by Crippen LogP contribution is -2.13. The molecule has 0 aliphatic heterocycles. The molecule has 0 atom stereocenters. The second-order valence-electron chi connectivity index (χ2n) is 6.75. The highest BCUT2D eigenvalue weighted by molar-refractivity contribution is 7.22. The smallest absolute Gasteiger partial charge is 0.258 e. The lowest BCUT2D eigenvalue weighted by atomic mass is 10.0. The second-order valence-corrected chi connectivity index (χ2v) is 7.78. The molecule has 2 aromatic carbocycles. The minimum Gasteiger partial charge on any atom is -0.298 e. The van der Waals surface area contributed by atoms with Gasteiger partial charge in [-0.05, 0) is 48.9 Å². The van der Waals surface area contributed by atoms with E-state index in [2.05, 4.69) is 21.4 Å². The van der Waals surface area contributed by atoms with Crippen LogP contribution in [0, 0.1) is 6.92 Å². The lowest BCUT2D eigenvalue weighted by molar-refractivity contribution is 0.102. The summed E-state index contributed by atoms with van der Waals surface area (Å²) in [5.41, 5.74) is 5.03. The first kappa shape index (κ1) is 17.5. The first-order chi connectivity index (χ1) is 14.2. The van der Waals surface area contributed by atoms with E-state index in [1.54, 1.807) is 12.4 Å². The maximum atomic E-state index is 13.2. The molecule has 5 nitrogen and oxygen atoms in total. The molecule has 0 fully saturated rings. The summed E-state index contributed by atoms with van der Waals surface area (Å²) in [6.07, 6.45) is 3.43. The van der Waals surface area contributed by atoms with E-state index in [1.165, 1.54) is 16.9 Å². The summed E-state index contributed by atoms with van der Waals surface area (Å²) in [6, 6.07) is 19.3. The van der Waals surface area contributed by atoms with Crippen molar-refractivity contribution in [2.75, 3.05) is 5.32 Å². The summed E-state index contributed by atoms with van der Waals surface area (Å²) in [5.74, 6) is -0.199. The molecule has 0 aliphatic rings. The zero-order chi connectivity index (χ0) is 19.8. The van der Waals surface area contributed by atoms with Gasteiger partial charge in [-0.1, -0.05) is 35.6 Å². The van der Waals surface area contributed by atoms with Crippen LogP contribution in [0.25, 0.3) is 32.4 Å². The summed E-state index contributed by atoms with van der Waals surface area (Å²) in [7, 11) is 0. The van der Waals surface area contributed by atoms with Gasteiger partial charge >= 0.3 is 0 Å². The highest BCUT2D eigenvalue weighted by Crippen LogP contribution is 2.29. The molecule has 3 heterocycles. The van der Waals surface area contributed by atoms with Crippen LogP contribution in [0.4, 0.5) is 5.13 Å². The number of amides is 1. The first-order valence-electron chi connectivity index (χ1n) is 9.16. The predicted molar refractivity (Wildman–Crippen MR) is 117 cm³/mol. The van der Waals surface area contributed by atoms with Crippen LogP contribution < -0.4 is 5.32 Å². The summed E-state index contributed by atoms with van der Waals surface area (Å²) >= 11 is 1.47. The van der Waals surface area contributed by atoms with Gasteiger partial charge in [0.05, 0.1) is 27.0 Å². The molecule has 5 aromatic rings. The van der Waals surface area contributed by atoms with Gasteiger partial charge in [-0.25, -0.2) is 9.97 Å². The average molecular weight is 396 g/mol. The van der Waals surface area contributed by atoms with Crippen LogP contribution in [0.3, 0.4) is 0 Å². The van der Waals surface area contributed by atoms with Gasteiger partial charge in [0.2, 0.25) is 0 Å². The van der Waals surface area contributed by atoms with E-state index in [0.29, 0.717) is 10.7 Å². The molecule has 0 saturated heterocycles. The molecule has 1 amide bonds. The molecule has 3 aromatic heterocycles. The van der Waals surface area contributed by atoms with E-state index >= 15 is 0 Å². The highest BCUT2D eigenvalue weighted by atomic mass is 32.1. The number of aromatic nitrogens is 3. The Balaban J connectivity index is 1.58. The number of carbonyl (C=O) groups excluding carboxylic acids is 1. The third-order valence-electron chi connectivity index (χ3n) is 4.70. The molecule has 0 unspecified atom stereocenters. The number of hydrogen-bond donors (Lipinski definition) is 1. The van der Waals surface area contributed by atoms with Crippen molar-refractivity contribution in [3.05, 3.63) is 84.2 Å². The van der Waals surface area contributed by atoms with Gasteiger partial charge in [-0.3, -0.25) is 15.1 Å². The van der Waals surface area contributed by atoms with Crippen LogP contribution in [-0.4, -0.2) is 20.9 Å². The number of aryl methyl sites for hydroxylation is 1. The molecular weight excluding hydrogens is 380 g/mol. The Morgan fingerprint density at radius 1 is 0.931 bits per heavy atom. The van der Waals surface area contributed by atoms with Crippen LogP contribution in [0.5, 0.6) is 0 Å². The number of benzene rings is 2. The SMILES string of the molecule is Cc1ccc2nc(NC(=O)c3cc(-c4ccncc4)nc4ccccc34)sc2c1. The standard InChI is InChI=1S/C23H16N4OS/c1-14-6-7-19-21(12-14)29-23(26-19)27-22(28)17-13-20(15-8-10-24-11-9-15)25-18-5-3-2-4-16(17)18/h2-13H,1H3,(H,26,27,28). The number of thiazole rings is 1. The summed E-state index contributed by atoms with van der Waals surface area (Å²) in [4.78, 5) is 26.5. The van der Waals surface area contributed by atoms with E-state index in [1.807, 2.05) is 61.5 Å². The van der Waals surface area contributed by atoms with E-state index < -0.39 is 0 Å². The van der Waals surface area contributed by atoms with Crippen molar-refractivity contribution in [1.82, 2.24) is 15.0 Å². The zero-order valence-electron chi connectivity index (χ0n) is 15.6. The van der Waals surface area contributed by atoms with Crippen molar-refractivity contribution < 1.29 is 4.79 Å². The average Bonchev–Trinajstić information content (AvgIpc) is 3.14. The molecule has 0 aliphatic carbocycles. The first-order valence-corrected chi connectivity index (χ1v) is 9.98. The Hall–Kier alpha value is -3.64. The summed E-state index contributed by atoms with van der Waals surface area (Å²) in [6.45, 7) is 2.04. The van der Waals surface area contributed by atoms with Crippen molar-refractivity contribution >= 4 is 43.5 Å². The molecule has 0 spiro atoms. The van der Waals surface area contributed by atoms with Crippen molar-refractivity contribution in [2.45, 2.75) is 6.92 Å². The fourth-order valence-electron chi connectivity index (χ4n) is 3.28. The Morgan fingerprint density at radius 2 is 1.76 bits per heavy atom. The number of carbonyl (C=O) groups is 1. The fourth-order valence-corrected chi connectivity index (χ4v) is 4.24. The number of nitrogens with one attached hydrogen (secondary N) is 1. The summed E-state index contributed by atoms with van der Waals surface area (Å²) in [5, 5.41) is 4.36. The number of pyridine rings is 2. The molecule has 5 rings (SSSR count). The van der Waals surface area contributed by atoms with Gasteiger partial charge in [0.1, 0.15) is 0 Å².